The minimum Gasteiger partial charge on any atom is -0.459 e. The zero-order valence-corrected chi connectivity index (χ0v) is 12.6. The first-order valence-corrected chi connectivity index (χ1v) is 7.77. The number of benzene rings is 1. The fourth-order valence-corrected chi connectivity index (χ4v) is 2.98. The van der Waals surface area contributed by atoms with Gasteiger partial charge in [0.15, 0.2) is 0 Å². The predicted molar refractivity (Wildman–Crippen MR) is 86.8 cm³/mol. The Bertz CT molecular complexity index is 743. The molecule has 5 heteroatoms. The van der Waals surface area contributed by atoms with E-state index in [-0.39, 0.29) is 6.04 Å². The molecule has 1 aliphatic heterocycles. The van der Waals surface area contributed by atoms with Crippen molar-refractivity contribution in [3.8, 4) is 0 Å². The Morgan fingerprint density at radius 1 is 1.41 bits per heavy atom. The Morgan fingerprint density at radius 3 is 3.23 bits per heavy atom. The standard InChI is InChI=1S/C17H20N4O/c1-12(16-8-14-4-2-3-5-15(14)22-16)18-9-13-10-19-17-6-7-20-21(17)11-13/h2-8,12-13,18-19H,9-11H2,1H3/t12-,13+/m1/s1. The van der Waals surface area contributed by atoms with Crippen molar-refractivity contribution in [2.24, 2.45) is 5.92 Å². The number of rotatable bonds is 4. The summed E-state index contributed by atoms with van der Waals surface area (Å²) in [5.41, 5.74) is 0.951. The molecule has 3 heterocycles. The fourth-order valence-electron chi connectivity index (χ4n) is 2.98. The lowest BCUT2D eigenvalue weighted by molar-refractivity contribution is 0.360. The third-order valence-electron chi connectivity index (χ3n) is 4.30. The third kappa shape index (κ3) is 2.48. The number of anilines is 1. The number of nitrogens with one attached hydrogen (secondary N) is 2. The van der Waals surface area contributed by atoms with Crippen LogP contribution in [0.1, 0.15) is 18.7 Å². The molecule has 2 aromatic heterocycles. The summed E-state index contributed by atoms with van der Waals surface area (Å²) >= 11 is 0. The minimum atomic E-state index is 0.200. The second-order valence-electron chi connectivity index (χ2n) is 5.96. The molecule has 3 aromatic rings. The van der Waals surface area contributed by atoms with E-state index in [1.165, 1.54) is 0 Å². The lowest BCUT2D eigenvalue weighted by Crippen LogP contribution is -2.36. The van der Waals surface area contributed by atoms with E-state index in [9.17, 15) is 0 Å². The zero-order valence-electron chi connectivity index (χ0n) is 12.6. The molecule has 0 spiro atoms. The lowest BCUT2D eigenvalue weighted by atomic mass is 10.1. The number of nitrogens with zero attached hydrogens (tertiary/aromatic N) is 2. The maximum Gasteiger partial charge on any atom is 0.134 e. The van der Waals surface area contributed by atoms with Gasteiger partial charge in [-0.2, -0.15) is 5.10 Å². The van der Waals surface area contributed by atoms with E-state index in [1.54, 1.807) is 0 Å². The Hall–Kier alpha value is -2.27. The molecule has 114 valence electrons. The van der Waals surface area contributed by atoms with E-state index in [4.69, 9.17) is 4.42 Å². The first kappa shape index (κ1) is 13.4. The minimum absolute atomic E-state index is 0.200. The summed E-state index contributed by atoms with van der Waals surface area (Å²) in [6, 6.07) is 12.5. The van der Waals surface area contributed by atoms with Crippen molar-refractivity contribution in [2.45, 2.75) is 19.5 Å². The highest BCUT2D eigenvalue weighted by Gasteiger charge is 2.19. The largest absolute Gasteiger partial charge is 0.459 e. The van der Waals surface area contributed by atoms with Crippen molar-refractivity contribution in [2.75, 3.05) is 18.4 Å². The van der Waals surface area contributed by atoms with E-state index in [2.05, 4.69) is 34.8 Å². The van der Waals surface area contributed by atoms with Crippen LogP contribution in [-0.2, 0) is 6.54 Å². The van der Waals surface area contributed by atoms with Crippen LogP contribution in [0.25, 0.3) is 11.0 Å². The summed E-state index contributed by atoms with van der Waals surface area (Å²) in [6.45, 7) is 5.01. The summed E-state index contributed by atoms with van der Waals surface area (Å²) in [5, 5.41) is 12.5. The van der Waals surface area contributed by atoms with Crippen molar-refractivity contribution in [3.63, 3.8) is 0 Å². The number of hydrogen-bond acceptors (Lipinski definition) is 4. The average molecular weight is 296 g/mol. The van der Waals surface area contributed by atoms with Crippen LogP contribution in [0.4, 0.5) is 5.82 Å². The van der Waals surface area contributed by atoms with E-state index in [0.29, 0.717) is 5.92 Å². The molecule has 2 atom stereocenters. The molecule has 0 unspecified atom stereocenters. The van der Waals surface area contributed by atoms with Gasteiger partial charge in [-0.1, -0.05) is 18.2 Å². The smallest absolute Gasteiger partial charge is 0.134 e. The highest BCUT2D eigenvalue weighted by Crippen LogP contribution is 2.24. The number of hydrogen-bond donors (Lipinski definition) is 2. The number of fused-ring (bicyclic) bond motifs is 2. The topological polar surface area (TPSA) is 55.0 Å². The van der Waals surface area contributed by atoms with Gasteiger partial charge >= 0.3 is 0 Å². The molecule has 1 aromatic carbocycles. The predicted octanol–water partition coefficient (Wildman–Crippen LogP) is 3.02. The van der Waals surface area contributed by atoms with Crippen LogP contribution in [0.3, 0.4) is 0 Å². The maximum absolute atomic E-state index is 5.92. The summed E-state index contributed by atoms with van der Waals surface area (Å²) < 4.78 is 7.95. The van der Waals surface area contributed by atoms with Crippen molar-refractivity contribution in [1.29, 1.82) is 0 Å². The summed E-state index contributed by atoms with van der Waals surface area (Å²) in [4.78, 5) is 0. The molecule has 0 saturated carbocycles. The Kier molecular flexibility index (Phi) is 3.35. The van der Waals surface area contributed by atoms with Crippen LogP contribution < -0.4 is 10.6 Å². The molecule has 22 heavy (non-hydrogen) atoms. The molecule has 0 radical (unpaired) electrons. The highest BCUT2D eigenvalue weighted by molar-refractivity contribution is 5.77. The van der Waals surface area contributed by atoms with E-state index >= 15 is 0 Å². The summed E-state index contributed by atoms with van der Waals surface area (Å²) in [7, 11) is 0. The molecule has 1 aliphatic rings. The van der Waals surface area contributed by atoms with Crippen molar-refractivity contribution >= 4 is 16.8 Å². The van der Waals surface area contributed by atoms with Gasteiger partial charge in [0.05, 0.1) is 12.2 Å². The van der Waals surface area contributed by atoms with Gasteiger partial charge in [0.2, 0.25) is 0 Å². The maximum atomic E-state index is 5.92. The molecule has 0 amide bonds. The normalized spacial score (nSPS) is 18.9. The Labute approximate surface area is 129 Å². The summed E-state index contributed by atoms with van der Waals surface area (Å²) in [5.74, 6) is 2.63. The number of aromatic nitrogens is 2. The first-order valence-electron chi connectivity index (χ1n) is 7.77. The molecular formula is C17H20N4O. The van der Waals surface area contributed by atoms with Gasteiger partial charge in [0, 0.05) is 37.0 Å². The monoisotopic (exact) mass is 296 g/mol. The van der Waals surface area contributed by atoms with Crippen LogP contribution in [0.5, 0.6) is 0 Å². The first-order chi connectivity index (χ1) is 10.8. The quantitative estimate of drug-likeness (QED) is 0.777. The SMILES string of the molecule is C[C@@H](NC[C@H]1CNc2ccnn2C1)c1cc2ccccc2o1. The lowest BCUT2D eigenvalue weighted by Gasteiger charge is -2.26. The van der Waals surface area contributed by atoms with Gasteiger partial charge in [0.25, 0.3) is 0 Å². The molecule has 0 saturated heterocycles. The van der Waals surface area contributed by atoms with Gasteiger partial charge in [-0.15, -0.1) is 0 Å². The van der Waals surface area contributed by atoms with Gasteiger partial charge in [-0.3, -0.25) is 0 Å². The molecule has 0 bridgehead atoms. The van der Waals surface area contributed by atoms with E-state index in [0.717, 1.165) is 42.2 Å². The molecule has 5 nitrogen and oxygen atoms in total. The fraction of sp³-hybridized carbons (Fsp3) is 0.353. The second-order valence-corrected chi connectivity index (χ2v) is 5.96. The third-order valence-corrected chi connectivity index (χ3v) is 4.30. The van der Waals surface area contributed by atoms with E-state index < -0.39 is 0 Å². The van der Waals surface area contributed by atoms with Crippen molar-refractivity contribution in [1.82, 2.24) is 15.1 Å². The zero-order chi connectivity index (χ0) is 14.9. The van der Waals surface area contributed by atoms with Gasteiger partial charge in [-0.05, 0) is 19.1 Å². The average Bonchev–Trinajstić information content (AvgIpc) is 3.18. The number of para-hydroxylation sites is 1. The second kappa shape index (κ2) is 5.50. The van der Waals surface area contributed by atoms with Crippen LogP contribution in [0.2, 0.25) is 0 Å². The molecule has 0 fully saturated rings. The van der Waals surface area contributed by atoms with Gasteiger partial charge in [0.1, 0.15) is 17.2 Å². The summed E-state index contributed by atoms with van der Waals surface area (Å²) in [6.07, 6.45) is 1.84. The highest BCUT2D eigenvalue weighted by atomic mass is 16.3. The van der Waals surface area contributed by atoms with Gasteiger partial charge < -0.3 is 15.1 Å². The van der Waals surface area contributed by atoms with Crippen LogP contribution >= 0.6 is 0 Å². The van der Waals surface area contributed by atoms with Crippen molar-refractivity contribution in [3.05, 3.63) is 48.4 Å². The number of furan rings is 1. The van der Waals surface area contributed by atoms with Crippen LogP contribution in [0.15, 0.2) is 47.0 Å². The molecule has 0 aliphatic carbocycles. The van der Waals surface area contributed by atoms with Crippen LogP contribution in [0, 0.1) is 5.92 Å². The van der Waals surface area contributed by atoms with E-state index in [1.807, 2.05) is 35.1 Å². The van der Waals surface area contributed by atoms with Crippen molar-refractivity contribution < 1.29 is 4.42 Å². The molecular weight excluding hydrogens is 276 g/mol. The molecule has 4 rings (SSSR count). The Morgan fingerprint density at radius 2 is 2.32 bits per heavy atom. The van der Waals surface area contributed by atoms with Crippen LogP contribution in [-0.4, -0.2) is 22.9 Å². The Balaban J connectivity index is 1.39. The van der Waals surface area contributed by atoms with Gasteiger partial charge in [-0.25, -0.2) is 4.68 Å². The molecule has 2 N–H and O–H groups in total.